The molecule has 1 N–H and O–H groups in total. The Kier molecular flexibility index (Phi) is 5.46. The largest absolute Gasteiger partial charge is 0.350 e. The van der Waals surface area contributed by atoms with Crippen LogP contribution in [0.25, 0.3) is 0 Å². The van der Waals surface area contributed by atoms with E-state index in [-0.39, 0.29) is 18.4 Å². The van der Waals surface area contributed by atoms with Gasteiger partial charge in [-0.25, -0.2) is 4.39 Å². The van der Waals surface area contributed by atoms with E-state index >= 15 is 0 Å². The van der Waals surface area contributed by atoms with Crippen LogP contribution in [0.2, 0.25) is 0 Å². The van der Waals surface area contributed by atoms with E-state index in [0.29, 0.717) is 12.2 Å². The van der Waals surface area contributed by atoms with Crippen LogP contribution in [-0.4, -0.2) is 18.4 Å². The van der Waals surface area contributed by atoms with E-state index in [1.807, 2.05) is 31.2 Å². The Morgan fingerprint density at radius 2 is 1.87 bits per heavy atom. The third-order valence-electron chi connectivity index (χ3n) is 3.37. The molecule has 0 aliphatic rings. The molecule has 2 aromatic carbocycles. The quantitative estimate of drug-likeness (QED) is 0.922. The number of nitrogens with one attached hydrogen (secondary N) is 1. The first-order chi connectivity index (χ1) is 11.0. The van der Waals surface area contributed by atoms with Gasteiger partial charge in [-0.05, 0) is 30.7 Å². The number of hydrogen-bond acceptors (Lipinski definition) is 2. The molecule has 0 saturated heterocycles. The third kappa shape index (κ3) is 4.92. The van der Waals surface area contributed by atoms with Gasteiger partial charge in [0.25, 0.3) is 0 Å². The number of carbonyl (C=O) groups excluding carboxylic acids is 2. The summed E-state index contributed by atoms with van der Waals surface area (Å²) in [5.41, 5.74) is 2.46. The first kappa shape index (κ1) is 16.7. The lowest BCUT2D eigenvalue weighted by Crippen LogP contribution is -2.39. The zero-order chi connectivity index (χ0) is 16.8. The van der Waals surface area contributed by atoms with E-state index in [4.69, 9.17) is 0 Å². The molecule has 5 heteroatoms. The van der Waals surface area contributed by atoms with E-state index in [0.717, 1.165) is 11.1 Å². The molecule has 0 aromatic heterocycles. The number of nitrogens with zero attached hydrogens (tertiary/aromatic N) is 1. The Morgan fingerprint density at radius 3 is 2.52 bits per heavy atom. The van der Waals surface area contributed by atoms with Gasteiger partial charge in [0.2, 0.25) is 11.8 Å². The van der Waals surface area contributed by atoms with Crippen LogP contribution in [0.1, 0.15) is 18.1 Å². The summed E-state index contributed by atoms with van der Waals surface area (Å²) in [6.07, 6.45) is 0. The van der Waals surface area contributed by atoms with Crippen molar-refractivity contribution in [3.05, 3.63) is 65.5 Å². The number of halogens is 1. The zero-order valence-electron chi connectivity index (χ0n) is 13.2. The van der Waals surface area contributed by atoms with Crippen LogP contribution >= 0.6 is 0 Å². The Morgan fingerprint density at radius 1 is 1.13 bits per heavy atom. The molecule has 0 spiro atoms. The number of rotatable bonds is 5. The molecule has 0 saturated carbocycles. The van der Waals surface area contributed by atoms with Crippen LogP contribution in [0.15, 0.2) is 48.5 Å². The number of anilines is 1. The highest BCUT2D eigenvalue weighted by atomic mass is 19.1. The van der Waals surface area contributed by atoms with Gasteiger partial charge in [0, 0.05) is 19.2 Å². The Hall–Kier alpha value is -2.69. The van der Waals surface area contributed by atoms with Gasteiger partial charge in [0.05, 0.1) is 0 Å². The van der Waals surface area contributed by atoms with Crippen LogP contribution in [0.3, 0.4) is 0 Å². The topological polar surface area (TPSA) is 49.4 Å². The van der Waals surface area contributed by atoms with Crippen molar-refractivity contribution < 1.29 is 14.0 Å². The minimum absolute atomic E-state index is 0.148. The highest BCUT2D eigenvalue weighted by Crippen LogP contribution is 2.15. The standard InChI is InChI=1S/C18H19FN2O2/c1-13-5-3-6-15(9-13)11-20-18(23)12-21(14(2)22)17-8-4-7-16(19)10-17/h3-10H,11-12H2,1-2H3,(H,20,23). The Bertz CT molecular complexity index is 716. The molecule has 0 atom stereocenters. The minimum Gasteiger partial charge on any atom is -0.350 e. The Labute approximate surface area is 134 Å². The zero-order valence-corrected chi connectivity index (χ0v) is 13.2. The predicted molar refractivity (Wildman–Crippen MR) is 87.5 cm³/mol. The molecule has 120 valence electrons. The number of aryl methyl sites for hydroxylation is 1. The molecule has 2 aromatic rings. The smallest absolute Gasteiger partial charge is 0.240 e. The number of amides is 2. The second-order valence-corrected chi connectivity index (χ2v) is 5.35. The van der Waals surface area contributed by atoms with E-state index in [1.54, 1.807) is 6.07 Å². The van der Waals surface area contributed by atoms with E-state index in [1.165, 1.54) is 30.0 Å². The molecule has 0 aliphatic carbocycles. The van der Waals surface area contributed by atoms with E-state index in [9.17, 15) is 14.0 Å². The summed E-state index contributed by atoms with van der Waals surface area (Å²) >= 11 is 0. The van der Waals surface area contributed by atoms with Crippen molar-refractivity contribution in [1.82, 2.24) is 5.32 Å². The van der Waals surface area contributed by atoms with Gasteiger partial charge >= 0.3 is 0 Å². The van der Waals surface area contributed by atoms with Gasteiger partial charge in [0.15, 0.2) is 0 Å². The third-order valence-corrected chi connectivity index (χ3v) is 3.37. The van der Waals surface area contributed by atoms with Crippen molar-refractivity contribution in [3.8, 4) is 0 Å². The fourth-order valence-electron chi connectivity index (χ4n) is 2.25. The summed E-state index contributed by atoms with van der Waals surface area (Å²) in [6.45, 7) is 3.56. The van der Waals surface area contributed by atoms with E-state index < -0.39 is 5.82 Å². The van der Waals surface area contributed by atoms with Gasteiger partial charge in [-0.15, -0.1) is 0 Å². The molecule has 23 heavy (non-hydrogen) atoms. The van der Waals surface area contributed by atoms with Crippen molar-refractivity contribution in [3.63, 3.8) is 0 Å². The van der Waals surface area contributed by atoms with Crippen LogP contribution in [0, 0.1) is 12.7 Å². The van der Waals surface area contributed by atoms with Crippen molar-refractivity contribution in [2.75, 3.05) is 11.4 Å². The average molecular weight is 314 g/mol. The highest BCUT2D eigenvalue weighted by Gasteiger charge is 2.16. The lowest BCUT2D eigenvalue weighted by atomic mass is 10.1. The molecule has 2 amide bonds. The molecule has 0 fully saturated rings. The molecule has 0 radical (unpaired) electrons. The second kappa shape index (κ2) is 7.54. The van der Waals surface area contributed by atoms with Gasteiger partial charge in [-0.2, -0.15) is 0 Å². The molecule has 0 unspecified atom stereocenters. The maximum Gasteiger partial charge on any atom is 0.240 e. The van der Waals surface area contributed by atoms with Crippen LogP contribution in [0.4, 0.5) is 10.1 Å². The first-order valence-electron chi connectivity index (χ1n) is 7.31. The van der Waals surface area contributed by atoms with Crippen molar-refractivity contribution in [2.24, 2.45) is 0 Å². The highest BCUT2D eigenvalue weighted by molar-refractivity contribution is 5.97. The van der Waals surface area contributed by atoms with Crippen LogP contribution in [0.5, 0.6) is 0 Å². The van der Waals surface area contributed by atoms with Crippen molar-refractivity contribution >= 4 is 17.5 Å². The monoisotopic (exact) mass is 314 g/mol. The molecule has 0 aliphatic heterocycles. The molecular formula is C18H19FN2O2. The van der Waals surface area contributed by atoms with Crippen molar-refractivity contribution in [1.29, 1.82) is 0 Å². The fourth-order valence-corrected chi connectivity index (χ4v) is 2.25. The SMILES string of the molecule is CC(=O)N(CC(=O)NCc1cccc(C)c1)c1cccc(F)c1. The first-order valence-corrected chi connectivity index (χ1v) is 7.31. The fraction of sp³-hybridized carbons (Fsp3) is 0.222. The normalized spacial score (nSPS) is 10.2. The van der Waals surface area contributed by atoms with E-state index in [2.05, 4.69) is 5.32 Å². The summed E-state index contributed by atoms with van der Waals surface area (Å²) in [7, 11) is 0. The molecule has 0 bridgehead atoms. The van der Waals surface area contributed by atoms with Gasteiger partial charge in [-0.3, -0.25) is 9.59 Å². The lowest BCUT2D eigenvalue weighted by Gasteiger charge is -2.20. The predicted octanol–water partition coefficient (Wildman–Crippen LogP) is 2.80. The van der Waals surface area contributed by atoms with Crippen LogP contribution < -0.4 is 10.2 Å². The number of hydrogen-bond donors (Lipinski definition) is 1. The van der Waals surface area contributed by atoms with Gasteiger partial charge < -0.3 is 10.2 Å². The minimum atomic E-state index is -0.450. The van der Waals surface area contributed by atoms with Crippen molar-refractivity contribution in [2.45, 2.75) is 20.4 Å². The second-order valence-electron chi connectivity index (χ2n) is 5.35. The maximum absolute atomic E-state index is 13.3. The summed E-state index contributed by atoms with van der Waals surface area (Å²) in [5.74, 6) is -1.07. The number of benzene rings is 2. The molecule has 2 rings (SSSR count). The average Bonchev–Trinajstić information content (AvgIpc) is 2.50. The Balaban J connectivity index is 2.00. The molecule has 4 nitrogen and oxygen atoms in total. The molecular weight excluding hydrogens is 295 g/mol. The summed E-state index contributed by atoms with van der Waals surface area (Å²) in [4.78, 5) is 25.1. The lowest BCUT2D eigenvalue weighted by molar-refractivity contribution is -0.123. The summed E-state index contributed by atoms with van der Waals surface area (Å²) in [6, 6.07) is 13.4. The number of carbonyl (C=O) groups is 2. The van der Waals surface area contributed by atoms with Crippen LogP contribution in [-0.2, 0) is 16.1 Å². The van der Waals surface area contributed by atoms with Gasteiger partial charge in [-0.1, -0.05) is 35.9 Å². The van der Waals surface area contributed by atoms with Gasteiger partial charge in [0.1, 0.15) is 12.4 Å². The summed E-state index contributed by atoms with van der Waals surface area (Å²) in [5, 5.41) is 2.77. The molecule has 0 heterocycles. The summed E-state index contributed by atoms with van der Waals surface area (Å²) < 4.78 is 13.3. The maximum atomic E-state index is 13.3.